The van der Waals surface area contributed by atoms with E-state index in [1.165, 1.54) is 12.8 Å². The van der Waals surface area contributed by atoms with Gasteiger partial charge in [0.25, 0.3) is 0 Å². The molecule has 2 unspecified atom stereocenters. The second-order valence-electron chi connectivity index (χ2n) is 3.63. The first-order valence-corrected chi connectivity index (χ1v) is 4.62. The molecule has 2 atom stereocenters. The van der Waals surface area contributed by atoms with Crippen molar-refractivity contribution in [2.24, 2.45) is 0 Å². The molecule has 0 radical (unpaired) electrons. The summed E-state index contributed by atoms with van der Waals surface area (Å²) in [5.41, 5.74) is -0.104. The standard InChI is InChI=1S/C9H16O3/c1-10-7-9(8-6-11-8)4-2-3-5-12-9/h8H,2-7H2,1H3. The van der Waals surface area contributed by atoms with Crippen LogP contribution >= 0.6 is 0 Å². The third kappa shape index (κ3) is 1.49. The Morgan fingerprint density at radius 1 is 1.50 bits per heavy atom. The third-order valence-electron chi connectivity index (χ3n) is 2.69. The predicted octanol–water partition coefficient (Wildman–Crippen LogP) is 0.971. The second-order valence-corrected chi connectivity index (χ2v) is 3.63. The van der Waals surface area contributed by atoms with Crippen LogP contribution in [-0.4, -0.2) is 38.6 Å². The molecule has 0 spiro atoms. The molecule has 2 fully saturated rings. The highest BCUT2D eigenvalue weighted by molar-refractivity contribution is 4.97. The molecule has 2 aliphatic rings. The minimum absolute atomic E-state index is 0.104. The molecule has 0 aromatic heterocycles. The molecular weight excluding hydrogens is 156 g/mol. The van der Waals surface area contributed by atoms with Crippen LogP contribution in [0.25, 0.3) is 0 Å². The Kier molecular flexibility index (Phi) is 2.35. The first-order chi connectivity index (χ1) is 5.87. The Labute approximate surface area is 73.0 Å². The summed E-state index contributed by atoms with van der Waals surface area (Å²) in [6.07, 6.45) is 3.81. The van der Waals surface area contributed by atoms with Gasteiger partial charge in [-0.1, -0.05) is 0 Å². The van der Waals surface area contributed by atoms with Gasteiger partial charge in [-0.15, -0.1) is 0 Å². The Balaban J connectivity index is 1.98. The van der Waals surface area contributed by atoms with Gasteiger partial charge >= 0.3 is 0 Å². The van der Waals surface area contributed by atoms with Gasteiger partial charge in [-0.2, -0.15) is 0 Å². The summed E-state index contributed by atoms with van der Waals surface area (Å²) in [4.78, 5) is 0. The van der Waals surface area contributed by atoms with Gasteiger partial charge in [-0.05, 0) is 19.3 Å². The zero-order chi connectivity index (χ0) is 8.44. The molecule has 3 nitrogen and oxygen atoms in total. The molecule has 0 amide bonds. The van der Waals surface area contributed by atoms with Gasteiger partial charge in [-0.25, -0.2) is 0 Å². The van der Waals surface area contributed by atoms with Crippen LogP contribution in [0.1, 0.15) is 19.3 Å². The van der Waals surface area contributed by atoms with E-state index in [0.29, 0.717) is 12.7 Å². The fourth-order valence-corrected chi connectivity index (χ4v) is 1.93. The molecule has 70 valence electrons. The number of methoxy groups -OCH3 is 1. The van der Waals surface area contributed by atoms with E-state index < -0.39 is 0 Å². The summed E-state index contributed by atoms with van der Waals surface area (Å²) < 4.78 is 16.3. The average molecular weight is 172 g/mol. The van der Waals surface area contributed by atoms with Gasteiger partial charge in [0.05, 0.1) is 13.2 Å². The number of ether oxygens (including phenoxy) is 3. The molecule has 0 aliphatic carbocycles. The molecule has 2 rings (SSSR count). The molecule has 2 aliphatic heterocycles. The van der Waals surface area contributed by atoms with Crippen molar-refractivity contribution in [3.8, 4) is 0 Å². The molecule has 2 saturated heterocycles. The summed E-state index contributed by atoms with van der Waals surface area (Å²) >= 11 is 0. The predicted molar refractivity (Wildman–Crippen MR) is 44.2 cm³/mol. The van der Waals surface area contributed by atoms with Gasteiger partial charge in [0.15, 0.2) is 0 Å². The highest BCUT2D eigenvalue weighted by Crippen LogP contribution is 2.36. The topological polar surface area (TPSA) is 31.0 Å². The summed E-state index contributed by atoms with van der Waals surface area (Å²) in [6.45, 7) is 2.39. The van der Waals surface area contributed by atoms with Gasteiger partial charge in [0.1, 0.15) is 11.7 Å². The van der Waals surface area contributed by atoms with Crippen molar-refractivity contribution in [3.63, 3.8) is 0 Å². The molecular formula is C9H16O3. The number of hydrogen-bond donors (Lipinski definition) is 0. The van der Waals surface area contributed by atoms with Crippen LogP contribution in [0.15, 0.2) is 0 Å². The fourth-order valence-electron chi connectivity index (χ4n) is 1.93. The lowest BCUT2D eigenvalue weighted by molar-refractivity contribution is -0.128. The van der Waals surface area contributed by atoms with Gasteiger partial charge in [-0.3, -0.25) is 0 Å². The second kappa shape index (κ2) is 3.32. The minimum Gasteiger partial charge on any atom is -0.382 e. The summed E-state index contributed by atoms with van der Waals surface area (Å²) in [5, 5.41) is 0. The van der Waals surface area contributed by atoms with Crippen molar-refractivity contribution in [2.45, 2.75) is 31.0 Å². The maximum atomic E-state index is 5.78. The normalized spacial score (nSPS) is 41.2. The number of epoxide rings is 1. The van der Waals surface area contributed by atoms with Crippen LogP contribution in [0.3, 0.4) is 0 Å². The highest BCUT2D eigenvalue weighted by Gasteiger charge is 2.48. The Morgan fingerprint density at radius 2 is 2.33 bits per heavy atom. The Morgan fingerprint density at radius 3 is 2.83 bits per heavy atom. The molecule has 0 aromatic rings. The maximum Gasteiger partial charge on any atom is 0.120 e. The maximum absolute atomic E-state index is 5.78. The largest absolute Gasteiger partial charge is 0.382 e. The van der Waals surface area contributed by atoms with Gasteiger partial charge < -0.3 is 14.2 Å². The number of hydrogen-bond acceptors (Lipinski definition) is 3. The van der Waals surface area contributed by atoms with E-state index in [9.17, 15) is 0 Å². The molecule has 12 heavy (non-hydrogen) atoms. The van der Waals surface area contributed by atoms with Crippen molar-refractivity contribution in [1.29, 1.82) is 0 Å². The Hall–Kier alpha value is -0.120. The lowest BCUT2D eigenvalue weighted by atomic mass is 9.91. The molecule has 0 aromatic carbocycles. The monoisotopic (exact) mass is 172 g/mol. The molecule has 0 N–H and O–H groups in total. The van der Waals surface area contributed by atoms with Gasteiger partial charge in [0, 0.05) is 13.7 Å². The fraction of sp³-hybridized carbons (Fsp3) is 1.00. The Bertz CT molecular complexity index is 142. The van der Waals surface area contributed by atoms with E-state index in [-0.39, 0.29) is 5.60 Å². The van der Waals surface area contributed by atoms with Crippen molar-refractivity contribution in [3.05, 3.63) is 0 Å². The third-order valence-corrected chi connectivity index (χ3v) is 2.69. The van der Waals surface area contributed by atoms with E-state index in [4.69, 9.17) is 14.2 Å². The van der Waals surface area contributed by atoms with Crippen LogP contribution < -0.4 is 0 Å². The molecule has 3 heteroatoms. The van der Waals surface area contributed by atoms with E-state index in [1.807, 2.05) is 0 Å². The molecule has 0 saturated carbocycles. The van der Waals surface area contributed by atoms with Crippen LogP contribution in [0.4, 0.5) is 0 Å². The van der Waals surface area contributed by atoms with Crippen LogP contribution in [-0.2, 0) is 14.2 Å². The quantitative estimate of drug-likeness (QED) is 0.594. The minimum atomic E-state index is -0.104. The SMILES string of the molecule is COCC1(C2CO2)CCCCO1. The zero-order valence-corrected chi connectivity index (χ0v) is 7.54. The van der Waals surface area contributed by atoms with Crippen molar-refractivity contribution < 1.29 is 14.2 Å². The van der Waals surface area contributed by atoms with Crippen molar-refractivity contribution in [1.82, 2.24) is 0 Å². The summed E-state index contributed by atoms with van der Waals surface area (Å²) in [6, 6.07) is 0. The van der Waals surface area contributed by atoms with Gasteiger partial charge in [0.2, 0.25) is 0 Å². The van der Waals surface area contributed by atoms with E-state index in [2.05, 4.69) is 0 Å². The molecule has 0 bridgehead atoms. The zero-order valence-electron chi connectivity index (χ0n) is 7.54. The first-order valence-electron chi connectivity index (χ1n) is 4.62. The average Bonchev–Trinajstić information content (AvgIpc) is 2.89. The van der Waals surface area contributed by atoms with Crippen LogP contribution in [0.5, 0.6) is 0 Å². The van der Waals surface area contributed by atoms with Crippen LogP contribution in [0.2, 0.25) is 0 Å². The first kappa shape index (κ1) is 8.48. The van der Waals surface area contributed by atoms with E-state index in [1.54, 1.807) is 7.11 Å². The van der Waals surface area contributed by atoms with Crippen molar-refractivity contribution in [2.75, 3.05) is 26.9 Å². The van der Waals surface area contributed by atoms with E-state index in [0.717, 1.165) is 19.6 Å². The summed E-state index contributed by atoms with van der Waals surface area (Å²) in [5.74, 6) is 0. The highest BCUT2D eigenvalue weighted by atomic mass is 16.6. The van der Waals surface area contributed by atoms with Crippen LogP contribution in [0, 0.1) is 0 Å². The number of rotatable bonds is 3. The molecule has 2 heterocycles. The lowest BCUT2D eigenvalue weighted by Crippen LogP contribution is -2.45. The lowest BCUT2D eigenvalue weighted by Gasteiger charge is -2.35. The van der Waals surface area contributed by atoms with Crippen molar-refractivity contribution >= 4 is 0 Å². The smallest absolute Gasteiger partial charge is 0.120 e. The van der Waals surface area contributed by atoms with E-state index >= 15 is 0 Å². The summed E-state index contributed by atoms with van der Waals surface area (Å²) in [7, 11) is 1.72.